The average molecular weight is 373 g/mol. The standard InChI is InChI=1S/C14H13F6NO4/c1-2-25-11(23)12(24,14(18,19)20)7-10(22)21-9-5-3-4-8(6-9)13(15,16)17/h3-6,24H,2,7H2,1H3,(H,21,22). The summed E-state index contributed by atoms with van der Waals surface area (Å²) in [6.45, 7) is 0.712. The van der Waals surface area contributed by atoms with Gasteiger partial charge < -0.3 is 15.2 Å². The molecule has 0 radical (unpaired) electrons. The van der Waals surface area contributed by atoms with E-state index in [0.717, 1.165) is 12.1 Å². The van der Waals surface area contributed by atoms with Crippen molar-refractivity contribution in [3.63, 3.8) is 0 Å². The maximum absolute atomic E-state index is 12.9. The zero-order valence-electron chi connectivity index (χ0n) is 12.7. The van der Waals surface area contributed by atoms with Crippen molar-refractivity contribution in [3.8, 4) is 0 Å². The number of halogens is 6. The molecule has 0 bridgehead atoms. The van der Waals surface area contributed by atoms with Crippen LogP contribution in [-0.2, 0) is 20.5 Å². The van der Waals surface area contributed by atoms with Gasteiger partial charge in [-0.15, -0.1) is 0 Å². The lowest BCUT2D eigenvalue weighted by atomic mass is 9.98. The minimum atomic E-state index is -5.52. The predicted molar refractivity (Wildman–Crippen MR) is 72.3 cm³/mol. The molecule has 0 aliphatic rings. The molecule has 140 valence electrons. The molecule has 0 aliphatic carbocycles. The highest BCUT2D eigenvalue weighted by molar-refractivity contribution is 5.96. The zero-order chi connectivity index (χ0) is 19.5. The van der Waals surface area contributed by atoms with Crippen LogP contribution in [0, 0.1) is 0 Å². The number of hydrogen-bond donors (Lipinski definition) is 2. The molecule has 11 heteroatoms. The fourth-order valence-electron chi connectivity index (χ4n) is 1.75. The second-order valence-corrected chi connectivity index (χ2v) is 4.88. The van der Waals surface area contributed by atoms with Crippen LogP contribution in [0.1, 0.15) is 18.9 Å². The van der Waals surface area contributed by atoms with E-state index in [1.54, 1.807) is 5.32 Å². The summed E-state index contributed by atoms with van der Waals surface area (Å²) >= 11 is 0. The van der Waals surface area contributed by atoms with Crippen LogP contribution < -0.4 is 5.32 Å². The van der Waals surface area contributed by atoms with Gasteiger partial charge in [-0.1, -0.05) is 6.07 Å². The second-order valence-electron chi connectivity index (χ2n) is 4.88. The summed E-state index contributed by atoms with van der Waals surface area (Å²) in [5.41, 5.74) is -5.70. The van der Waals surface area contributed by atoms with Crippen molar-refractivity contribution in [2.45, 2.75) is 31.3 Å². The van der Waals surface area contributed by atoms with Crippen LogP contribution in [-0.4, -0.2) is 35.4 Å². The number of hydrogen-bond acceptors (Lipinski definition) is 4. The van der Waals surface area contributed by atoms with Gasteiger partial charge in [0.2, 0.25) is 5.91 Å². The molecule has 1 aromatic rings. The molecule has 1 aromatic carbocycles. The first-order valence-electron chi connectivity index (χ1n) is 6.74. The van der Waals surface area contributed by atoms with E-state index in [4.69, 9.17) is 0 Å². The fraction of sp³-hybridized carbons (Fsp3) is 0.429. The Bertz CT molecular complexity index is 643. The molecule has 0 spiro atoms. The van der Waals surface area contributed by atoms with E-state index >= 15 is 0 Å². The van der Waals surface area contributed by atoms with Gasteiger partial charge in [0.1, 0.15) is 0 Å². The number of rotatable bonds is 5. The molecule has 0 aromatic heterocycles. The number of ether oxygens (including phenoxy) is 1. The average Bonchev–Trinajstić information content (AvgIpc) is 2.45. The smallest absolute Gasteiger partial charge is 0.428 e. The Labute approximate surface area is 137 Å². The summed E-state index contributed by atoms with van der Waals surface area (Å²) in [7, 11) is 0. The molecule has 0 aliphatic heterocycles. The van der Waals surface area contributed by atoms with Crippen LogP contribution in [0.3, 0.4) is 0 Å². The second kappa shape index (κ2) is 7.30. The van der Waals surface area contributed by atoms with Crippen molar-refractivity contribution in [2.75, 3.05) is 11.9 Å². The van der Waals surface area contributed by atoms with E-state index < -0.39 is 54.1 Å². The third-order valence-electron chi connectivity index (χ3n) is 2.97. The van der Waals surface area contributed by atoms with Gasteiger partial charge in [-0.25, -0.2) is 4.79 Å². The van der Waals surface area contributed by atoms with Crippen LogP contribution in [0.5, 0.6) is 0 Å². The van der Waals surface area contributed by atoms with Gasteiger partial charge >= 0.3 is 18.3 Å². The molecular weight excluding hydrogens is 360 g/mol. The number of esters is 1. The van der Waals surface area contributed by atoms with Crippen LogP contribution in [0.4, 0.5) is 32.0 Å². The summed E-state index contributed by atoms with van der Waals surface area (Å²) in [6.07, 6.45) is -12.0. The first-order valence-corrected chi connectivity index (χ1v) is 6.74. The van der Waals surface area contributed by atoms with Crippen molar-refractivity contribution in [1.82, 2.24) is 0 Å². The zero-order valence-corrected chi connectivity index (χ0v) is 12.7. The summed E-state index contributed by atoms with van der Waals surface area (Å²) in [4.78, 5) is 23.0. The van der Waals surface area contributed by atoms with Gasteiger partial charge in [0.15, 0.2) is 0 Å². The topological polar surface area (TPSA) is 75.6 Å². The molecule has 25 heavy (non-hydrogen) atoms. The Hall–Kier alpha value is -2.30. The number of alkyl halides is 6. The van der Waals surface area contributed by atoms with Crippen molar-refractivity contribution >= 4 is 17.6 Å². The normalized spacial score (nSPS) is 14.6. The Morgan fingerprint density at radius 1 is 1.16 bits per heavy atom. The van der Waals surface area contributed by atoms with Gasteiger partial charge in [0.25, 0.3) is 5.60 Å². The molecule has 1 unspecified atom stereocenters. The Morgan fingerprint density at radius 2 is 1.76 bits per heavy atom. The fourth-order valence-corrected chi connectivity index (χ4v) is 1.75. The molecule has 2 N–H and O–H groups in total. The van der Waals surface area contributed by atoms with E-state index in [9.17, 15) is 41.0 Å². The molecule has 0 saturated carbocycles. The first kappa shape index (κ1) is 20.7. The van der Waals surface area contributed by atoms with Crippen molar-refractivity contribution < 1.29 is 45.8 Å². The highest BCUT2D eigenvalue weighted by Gasteiger charge is 2.61. The minimum Gasteiger partial charge on any atom is -0.464 e. The third-order valence-corrected chi connectivity index (χ3v) is 2.97. The highest BCUT2D eigenvalue weighted by Crippen LogP contribution is 2.35. The van der Waals surface area contributed by atoms with Crippen LogP contribution in [0.15, 0.2) is 24.3 Å². The van der Waals surface area contributed by atoms with E-state index in [1.165, 1.54) is 6.92 Å². The highest BCUT2D eigenvalue weighted by atomic mass is 19.4. The van der Waals surface area contributed by atoms with E-state index in [-0.39, 0.29) is 0 Å². The van der Waals surface area contributed by atoms with Crippen molar-refractivity contribution in [1.29, 1.82) is 0 Å². The molecule has 1 rings (SSSR count). The lowest BCUT2D eigenvalue weighted by molar-refractivity contribution is -0.262. The van der Waals surface area contributed by atoms with Gasteiger partial charge in [-0.05, 0) is 25.1 Å². The Balaban J connectivity index is 2.98. The summed E-state index contributed by atoms with van der Waals surface area (Å²) in [6, 6.07) is 3.12. The lowest BCUT2D eigenvalue weighted by Gasteiger charge is -2.27. The summed E-state index contributed by atoms with van der Waals surface area (Å²) < 4.78 is 80.5. The summed E-state index contributed by atoms with van der Waals surface area (Å²) in [5, 5.41) is 11.3. The lowest BCUT2D eigenvalue weighted by Crippen LogP contribution is -2.54. The maximum Gasteiger partial charge on any atom is 0.428 e. The number of aliphatic hydroxyl groups is 1. The molecule has 0 heterocycles. The number of carbonyl (C=O) groups excluding carboxylic acids is 2. The van der Waals surface area contributed by atoms with E-state index in [2.05, 4.69) is 4.74 Å². The Kier molecular flexibility index (Phi) is 6.05. The quantitative estimate of drug-likeness (QED) is 0.615. The minimum absolute atomic E-state index is 0.451. The number of nitrogens with one attached hydrogen (secondary N) is 1. The van der Waals surface area contributed by atoms with E-state index in [1.807, 2.05) is 0 Å². The molecule has 0 fully saturated rings. The van der Waals surface area contributed by atoms with Gasteiger partial charge in [0.05, 0.1) is 18.6 Å². The van der Waals surface area contributed by atoms with Crippen LogP contribution in [0.2, 0.25) is 0 Å². The van der Waals surface area contributed by atoms with E-state index in [0.29, 0.717) is 12.1 Å². The van der Waals surface area contributed by atoms with Crippen LogP contribution >= 0.6 is 0 Å². The maximum atomic E-state index is 12.9. The molecule has 5 nitrogen and oxygen atoms in total. The monoisotopic (exact) mass is 373 g/mol. The molecule has 1 atom stereocenters. The number of amides is 1. The van der Waals surface area contributed by atoms with Gasteiger partial charge in [-0.3, -0.25) is 4.79 Å². The number of carbonyl (C=O) groups is 2. The largest absolute Gasteiger partial charge is 0.464 e. The number of anilines is 1. The molecular formula is C14H13F6NO4. The summed E-state index contributed by atoms with van der Waals surface area (Å²) in [5.74, 6) is -3.60. The number of benzene rings is 1. The predicted octanol–water partition coefficient (Wildman–Crippen LogP) is 2.89. The third kappa shape index (κ3) is 5.08. The molecule has 0 saturated heterocycles. The molecule has 1 amide bonds. The van der Waals surface area contributed by atoms with Crippen LogP contribution in [0.25, 0.3) is 0 Å². The SMILES string of the molecule is CCOC(=O)C(O)(CC(=O)Nc1cccc(C(F)(F)F)c1)C(F)(F)F. The Morgan fingerprint density at radius 3 is 2.24 bits per heavy atom. The van der Waals surface area contributed by atoms with Crippen molar-refractivity contribution in [2.24, 2.45) is 0 Å². The first-order chi connectivity index (χ1) is 11.3. The van der Waals surface area contributed by atoms with Gasteiger partial charge in [0, 0.05) is 5.69 Å². The van der Waals surface area contributed by atoms with Gasteiger partial charge in [-0.2, -0.15) is 26.3 Å². The van der Waals surface area contributed by atoms with Crippen molar-refractivity contribution in [3.05, 3.63) is 29.8 Å².